The number of hydrogen-bond donors (Lipinski definition) is 1. The summed E-state index contributed by atoms with van der Waals surface area (Å²) in [6, 6.07) is 3.67. The Bertz CT molecular complexity index is 603. The maximum absolute atomic E-state index is 14.0. The fourth-order valence-electron chi connectivity index (χ4n) is 2.94. The van der Waals surface area contributed by atoms with Gasteiger partial charge >= 0.3 is 0 Å². The molecule has 2 atom stereocenters. The van der Waals surface area contributed by atoms with Crippen LogP contribution in [0.4, 0.5) is 4.39 Å². The second-order valence-corrected chi connectivity index (χ2v) is 7.84. The largest absolute Gasteiger partial charge is 0.392 e. The zero-order valence-electron chi connectivity index (χ0n) is 12.4. The molecule has 1 aromatic carbocycles. The van der Waals surface area contributed by atoms with E-state index >= 15 is 0 Å². The van der Waals surface area contributed by atoms with Crippen LogP contribution < -0.4 is 0 Å². The second kappa shape index (κ2) is 6.42. The summed E-state index contributed by atoms with van der Waals surface area (Å²) in [7, 11) is -2.32. The summed E-state index contributed by atoms with van der Waals surface area (Å²) < 4.78 is 40.5. The Balaban J connectivity index is 2.28. The molecule has 1 fully saturated rings. The number of sulfonamides is 1. The minimum Gasteiger partial charge on any atom is -0.392 e. The molecular formula is C15H22FNO3S. The molecule has 6 heteroatoms. The number of benzene rings is 1. The Hall–Kier alpha value is -0.980. The number of aliphatic hydroxyl groups excluding tert-OH is 1. The first-order valence-electron chi connectivity index (χ1n) is 7.23. The van der Waals surface area contributed by atoms with E-state index in [-0.39, 0.29) is 17.5 Å². The van der Waals surface area contributed by atoms with Gasteiger partial charge in [-0.1, -0.05) is 25.8 Å². The third-order valence-corrected chi connectivity index (χ3v) is 6.20. The number of hydrogen-bond acceptors (Lipinski definition) is 3. The van der Waals surface area contributed by atoms with Crippen molar-refractivity contribution in [1.82, 2.24) is 4.31 Å². The highest BCUT2D eigenvalue weighted by Crippen LogP contribution is 2.30. The second-order valence-electron chi connectivity index (χ2n) is 5.87. The van der Waals surface area contributed by atoms with Crippen LogP contribution in [0.5, 0.6) is 0 Å². The maximum atomic E-state index is 14.0. The van der Waals surface area contributed by atoms with E-state index in [1.165, 1.54) is 23.5 Å². The van der Waals surface area contributed by atoms with E-state index in [1.807, 2.05) is 0 Å². The highest BCUT2D eigenvalue weighted by atomic mass is 32.2. The van der Waals surface area contributed by atoms with Crippen LogP contribution in [0.1, 0.15) is 38.2 Å². The molecule has 0 aliphatic heterocycles. The van der Waals surface area contributed by atoms with Gasteiger partial charge in [0.05, 0.1) is 6.61 Å². The van der Waals surface area contributed by atoms with E-state index in [0.29, 0.717) is 11.5 Å². The molecule has 0 bridgehead atoms. The Kier molecular flexibility index (Phi) is 5.01. The number of aliphatic hydroxyl groups is 1. The molecule has 1 aromatic rings. The van der Waals surface area contributed by atoms with Crippen molar-refractivity contribution in [2.24, 2.45) is 5.92 Å². The highest BCUT2D eigenvalue weighted by molar-refractivity contribution is 7.89. The van der Waals surface area contributed by atoms with Gasteiger partial charge in [-0.25, -0.2) is 12.8 Å². The van der Waals surface area contributed by atoms with Crippen molar-refractivity contribution in [3.05, 3.63) is 29.6 Å². The fraction of sp³-hybridized carbons (Fsp3) is 0.600. The average Bonchev–Trinajstić information content (AvgIpc) is 2.45. The van der Waals surface area contributed by atoms with E-state index in [1.54, 1.807) is 0 Å². The summed E-state index contributed by atoms with van der Waals surface area (Å²) >= 11 is 0. The molecule has 21 heavy (non-hydrogen) atoms. The highest BCUT2D eigenvalue weighted by Gasteiger charge is 2.32. The molecule has 0 aromatic heterocycles. The van der Waals surface area contributed by atoms with E-state index in [2.05, 4.69) is 6.92 Å². The Morgan fingerprint density at radius 2 is 2.10 bits per heavy atom. The minimum absolute atomic E-state index is 0.0735. The lowest BCUT2D eigenvalue weighted by molar-refractivity contribution is 0.238. The first-order valence-corrected chi connectivity index (χ1v) is 8.67. The van der Waals surface area contributed by atoms with Crippen LogP contribution in [0.25, 0.3) is 0 Å². The first kappa shape index (κ1) is 16.4. The molecule has 0 spiro atoms. The smallest absolute Gasteiger partial charge is 0.245 e. The summed E-state index contributed by atoms with van der Waals surface area (Å²) in [6.45, 7) is 1.80. The van der Waals surface area contributed by atoms with Crippen LogP contribution in [-0.4, -0.2) is 30.9 Å². The lowest BCUT2D eigenvalue weighted by Gasteiger charge is -2.33. The van der Waals surface area contributed by atoms with Gasteiger partial charge in [-0.05, 0) is 36.5 Å². The van der Waals surface area contributed by atoms with Gasteiger partial charge < -0.3 is 5.11 Å². The van der Waals surface area contributed by atoms with Crippen molar-refractivity contribution in [3.8, 4) is 0 Å². The summed E-state index contributed by atoms with van der Waals surface area (Å²) in [5.74, 6) is -0.319. The fourth-order valence-corrected chi connectivity index (χ4v) is 4.38. The summed E-state index contributed by atoms with van der Waals surface area (Å²) in [6.07, 6.45) is 3.74. The monoisotopic (exact) mass is 315 g/mol. The third-order valence-electron chi connectivity index (χ3n) is 4.26. The van der Waals surface area contributed by atoms with Crippen molar-refractivity contribution in [3.63, 3.8) is 0 Å². The molecule has 0 heterocycles. The van der Waals surface area contributed by atoms with Crippen molar-refractivity contribution < 1.29 is 17.9 Å². The standard InChI is InChI=1S/C15H22FNO3S/c1-11-4-3-5-13(8-11)17(2)21(19,20)15-7-6-12(10-18)9-14(15)16/h6-7,9,11,13,18H,3-5,8,10H2,1-2H3. The molecule has 2 unspecified atom stereocenters. The molecule has 2 rings (SSSR count). The lowest BCUT2D eigenvalue weighted by Crippen LogP contribution is -2.40. The predicted octanol–water partition coefficient (Wildman–Crippen LogP) is 2.52. The van der Waals surface area contributed by atoms with Gasteiger partial charge in [0.1, 0.15) is 10.7 Å². The SMILES string of the molecule is CC1CCCC(N(C)S(=O)(=O)c2ccc(CO)cc2F)C1. The molecule has 0 saturated heterocycles. The zero-order valence-corrected chi connectivity index (χ0v) is 13.2. The van der Waals surface area contributed by atoms with Gasteiger partial charge in [-0.15, -0.1) is 0 Å². The normalized spacial score (nSPS) is 23.5. The van der Waals surface area contributed by atoms with E-state index in [0.717, 1.165) is 31.7 Å². The van der Waals surface area contributed by atoms with Gasteiger partial charge in [0.25, 0.3) is 0 Å². The van der Waals surface area contributed by atoms with E-state index < -0.39 is 15.8 Å². The Labute approximate surface area is 125 Å². The van der Waals surface area contributed by atoms with E-state index in [4.69, 9.17) is 5.11 Å². The van der Waals surface area contributed by atoms with Gasteiger partial charge in [0.2, 0.25) is 10.0 Å². The topological polar surface area (TPSA) is 57.6 Å². The molecule has 1 aliphatic rings. The number of nitrogens with zero attached hydrogens (tertiary/aromatic N) is 1. The summed E-state index contributed by atoms with van der Waals surface area (Å²) in [5.41, 5.74) is 0.361. The van der Waals surface area contributed by atoms with Crippen LogP contribution in [-0.2, 0) is 16.6 Å². The summed E-state index contributed by atoms with van der Waals surface area (Å²) in [4.78, 5) is -0.319. The Morgan fingerprint density at radius 3 is 2.67 bits per heavy atom. The maximum Gasteiger partial charge on any atom is 0.245 e. The number of halogens is 1. The minimum atomic E-state index is -3.84. The van der Waals surface area contributed by atoms with Crippen LogP contribution in [0.2, 0.25) is 0 Å². The van der Waals surface area contributed by atoms with Gasteiger partial charge in [-0.3, -0.25) is 0 Å². The summed E-state index contributed by atoms with van der Waals surface area (Å²) in [5, 5.41) is 8.97. The molecule has 4 nitrogen and oxygen atoms in total. The first-order chi connectivity index (χ1) is 9.86. The molecule has 0 amide bonds. The molecule has 118 valence electrons. The van der Waals surface area contributed by atoms with Crippen LogP contribution in [0.15, 0.2) is 23.1 Å². The van der Waals surface area contributed by atoms with Crippen molar-refractivity contribution in [1.29, 1.82) is 0 Å². The third kappa shape index (κ3) is 3.44. The molecule has 1 saturated carbocycles. The average molecular weight is 315 g/mol. The van der Waals surface area contributed by atoms with Crippen molar-refractivity contribution >= 4 is 10.0 Å². The van der Waals surface area contributed by atoms with Crippen LogP contribution >= 0.6 is 0 Å². The van der Waals surface area contributed by atoms with Crippen molar-refractivity contribution in [2.45, 2.75) is 50.2 Å². The molecule has 1 N–H and O–H groups in total. The van der Waals surface area contributed by atoms with Crippen molar-refractivity contribution in [2.75, 3.05) is 7.05 Å². The lowest BCUT2D eigenvalue weighted by atomic mass is 9.87. The molecular weight excluding hydrogens is 293 g/mol. The Morgan fingerprint density at radius 1 is 1.38 bits per heavy atom. The van der Waals surface area contributed by atoms with Crippen LogP contribution in [0.3, 0.4) is 0 Å². The van der Waals surface area contributed by atoms with Gasteiger partial charge in [0, 0.05) is 13.1 Å². The quantitative estimate of drug-likeness (QED) is 0.929. The van der Waals surface area contributed by atoms with Gasteiger partial charge in [0.15, 0.2) is 0 Å². The molecule has 0 radical (unpaired) electrons. The van der Waals surface area contributed by atoms with Gasteiger partial charge in [-0.2, -0.15) is 4.31 Å². The predicted molar refractivity (Wildman–Crippen MR) is 78.7 cm³/mol. The van der Waals surface area contributed by atoms with E-state index in [9.17, 15) is 12.8 Å². The van der Waals surface area contributed by atoms with Crippen LogP contribution in [0, 0.1) is 11.7 Å². The zero-order chi connectivity index (χ0) is 15.6. The number of rotatable bonds is 4. The molecule has 1 aliphatic carbocycles.